The predicted molar refractivity (Wildman–Crippen MR) is 116 cm³/mol. The summed E-state index contributed by atoms with van der Waals surface area (Å²) < 4.78 is 43.1. The van der Waals surface area contributed by atoms with E-state index in [4.69, 9.17) is 9.73 Å². The van der Waals surface area contributed by atoms with Crippen molar-refractivity contribution in [1.82, 2.24) is 20.4 Å². The molecule has 0 aromatic carbocycles. The van der Waals surface area contributed by atoms with Gasteiger partial charge in [0.15, 0.2) is 5.96 Å². The van der Waals surface area contributed by atoms with Gasteiger partial charge in [0.25, 0.3) is 0 Å². The van der Waals surface area contributed by atoms with Crippen LogP contribution in [0.1, 0.15) is 27.2 Å². The van der Waals surface area contributed by atoms with E-state index in [9.17, 15) is 13.2 Å². The van der Waals surface area contributed by atoms with E-state index < -0.39 is 12.7 Å². The SMILES string of the molecule is CCNC(=NCC(C(C)C)N1CCOCC1)NC1CCN(CC(F)(F)F)C1.I. The van der Waals surface area contributed by atoms with E-state index in [1.54, 1.807) is 0 Å². The van der Waals surface area contributed by atoms with Gasteiger partial charge in [-0.25, -0.2) is 0 Å². The molecule has 0 spiro atoms. The Hall–Kier alpha value is -0.330. The Kier molecular flexibility index (Phi) is 11.4. The highest BCUT2D eigenvalue weighted by Gasteiger charge is 2.34. The highest BCUT2D eigenvalue weighted by molar-refractivity contribution is 14.0. The molecule has 2 saturated heterocycles. The number of halogens is 4. The first-order chi connectivity index (χ1) is 12.8. The first-order valence-electron chi connectivity index (χ1n) is 9.94. The van der Waals surface area contributed by atoms with Crippen LogP contribution in [0.15, 0.2) is 4.99 Å². The summed E-state index contributed by atoms with van der Waals surface area (Å²) in [6.07, 6.45) is -3.45. The molecule has 6 nitrogen and oxygen atoms in total. The average Bonchev–Trinajstić information content (AvgIpc) is 3.00. The minimum atomic E-state index is -4.14. The molecule has 10 heteroatoms. The lowest BCUT2D eigenvalue weighted by atomic mass is 10.0. The van der Waals surface area contributed by atoms with E-state index in [2.05, 4.69) is 29.4 Å². The summed E-state index contributed by atoms with van der Waals surface area (Å²) in [7, 11) is 0. The van der Waals surface area contributed by atoms with Gasteiger partial charge in [-0.05, 0) is 19.3 Å². The molecule has 0 amide bonds. The van der Waals surface area contributed by atoms with E-state index in [1.807, 2.05) is 6.92 Å². The van der Waals surface area contributed by atoms with Crippen molar-refractivity contribution in [1.29, 1.82) is 0 Å². The zero-order valence-electron chi connectivity index (χ0n) is 17.1. The third-order valence-corrected chi connectivity index (χ3v) is 5.08. The Balaban J connectivity index is 0.00000392. The van der Waals surface area contributed by atoms with Gasteiger partial charge in [-0.15, -0.1) is 24.0 Å². The van der Waals surface area contributed by atoms with Crippen molar-refractivity contribution in [3.8, 4) is 0 Å². The number of guanidine groups is 1. The molecule has 2 rings (SSSR count). The third-order valence-electron chi connectivity index (χ3n) is 5.08. The maximum atomic E-state index is 12.6. The van der Waals surface area contributed by atoms with E-state index in [1.165, 1.54) is 4.90 Å². The monoisotopic (exact) mass is 521 g/mol. The van der Waals surface area contributed by atoms with E-state index >= 15 is 0 Å². The Morgan fingerprint density at radius 1 is 1.21 bits per heavy atom. The second-order valence-corrected chi connectivity index (χ2v) is 7.66. The molecule has 28 heavy (non-hydrogen) atoms. The smallest absolute Gasteiger partial charge is 0.379 e. The minimum Gasteiger partial charge on any atom is -0.379 e. The summed E-state index contributed by atoms with van der Waals surface area (Å²) in [6.45, 7) is 11.1. The fourth-order valence-corrected chi connectivity index (χ4v) is 3.70. The molecule has 0 aromatic heterocycles. The quantitative estimate of drug-likeness (QED) is 0.306. The Bertz CT molecular complexity index is 473. The van der Waals surface area contributed by atoms with Crippen LogP contribution in [0, 0.1) is 5.92 Å². The van der Waals surface area contributed by atoms with Gasteiger partial charge in [-0.3, -0.25) is 14.8 Å². The molecular formula is C18H35F3IN5O. The van der Waals surface area contributed by atoms with Crippen LogP contribution >= 0.6 is 24.0 Å². The number of hydrogen-bond acceptors (Lipinski definition) is 4. The van der Waals surface area contributed by atoms with Gasteiger partial charge in [0, 0.05) is 44.8 Å². The average molecular weight is 521 g/mol. The topological polar surface area (TPSA) is 52.1 Å². The Labute approximate surface area is 183 Å². The number of nitrogens with zero attached hydrogens (tertiary/aromatic N) is 3. The van der Waals surface area contributed by atoms with Crippen molar-refractivity contribution in [3.05, 3.63) is 0 Å². The normalized spacial score (nSPS) is 23.5. The maximum absolute atomic E-state index is 12.6. The number of hydrogen-bond donors (Lipinski definition) is 2. The third kappa shape index (κ3) is 9.00. The highest BCUT2D eigenvalue weighted by Crippen LogP contribution is 2.20. The number of morpholine rings is 1. The first-order valence-corrected chi connectivity index (χ1v) is 9.94. The Morgan fingerprint density at radius 3 is 2.46 bits per heavy atom. The molecule has 0 saturated carbocycles. The van der Waals surface area contributed by atoms with Gasteiger partial charge in [0.2, 0.25) is 0 Å². The number of likely N-dealkylation sites (tertiary alicyclic amines) is 1. The van der Waals surface area contributed by atoms with Gasteiger partial charge >= 0.3 is 6.18 Å². The highest BCUT2D eigenvalue weighted by atomic mass is 127. The fraction of sp³-hybridized carbons (Fsp3) is 0.944. The number of nitrogens with one attached hydrogen (secondary N) is 2. The van der Waals surface area contributed by atoms with Crippen molar-refractivity contribution in [2.24, 2.45) is 10.9 Å². The molecule has 0 aromatic rings. The summed E-state index contributed by atoms with van der Waals surface area (Å²) in [5.74, 6) is 1.15. The van der Waals surface area contributed by atoms with Gasteiger partial charge < -0.3 is 15.4 Å². The number of alkyl halides is 3. The van der Waals surface area contributed by atoms with Crippen molar-refractivity contribution < 1.29 is 17.9 Å². The van der Waals surface area contributed by atoms with Crippen LogP contribution in [0.5, 0.6) is 0 Å². The van der Waals surface area contributed by atoms with Crippen LogP contribution in [0.2, 0.25) is 0 Å². The summed E-state index contributed by atoms with van der Waals surface area (Å²) in [5.41, 5.74) is 0. The first kappa shape index (κ1) is 25.7. The van der Waals surface area contributed by atoms with E-state index in [0.29, 0.717) is 50.5 Å². The van der Waals surface area contributed by atoms with Crippen LogP contribution in [-0.2, 0) is 4.74 Å². The predicted octanol–water partition coefficient (Wildman–Crippen LogP) is 2.15. The molecule has 2 aliphatic rings. The van der Waals surface area contributed by atoms with Gasteiger partial charge in [-0.2, -0.15) is 13.2 Å². The second kappa shape index (κ2) is 12.4. The van der Waals surface area contributed by atoms with Crippen LogP contribution in [-0.4, -0.2) is 93.0 Å². The molecular weight excluding hydrogens is 486 g/mol. The molecule has 2 fully saturated rings. The van der Waals surface area contributed by atoms with Crippen molar-refractivity contribution >= 4 is 29.9 Å². The molecule has 2 atom stereocenters. The molecule has 166 valence electrons. The molecule has 0 radical (unpaired) electrons. The van der Waals surface area contributed by atoms with Crippen molar-refractivity contribution in [2.45, 2.75) is 45.5 Å². The van der Waals surface area contributed by atoms with E-state index in [0.717, 1.165) is 26.3 Å². The second-order valence-electron chi connectivity index (χ2n) is 7.66. The molecule has 2 aliphatic heterocycles. The summed E-state index contributed by atoms with van der Waals surface area (Å²) in [5, 5.41) is 6.54. The molecule has 0 aliphatic carbocycles. The van der Waals surface area contributed by atoms with Crippen molar-refractivity contribution in [2.75, 3.05) is 59.0 Å². The van der Waals surface area contributed by atoms with Crippen LogP contribution in [0.25, 0.3) is 0 Å². The van der Waals surface area contributed by atoms with Gasteiger partial charge in [0.05, 0.1) is 26.3 Å². The summed E-state index contributed by atoms with van der Waals surface area (Å²) in [4.78, 5) is 8.61. The summed E-state index contributed by atoms with van der Waals surface area (Å²) >= 11 is 0. The van der Waals surface area contributed by atoms with Crippen LogP contribution in [0.4, 0.5) is 13.2 Å². The molecule has 0 bridgehead atoms. The molecule has 2 N–H and O–H groups in total. The van der Waals surface area contributed by atoms with E-state index in [-0.39, 0.29) is 30.0 Å². The lowest BCUT2D eigenvalue weighted by Crippen LogP contribution is -2.49. The lowest BCUT2D eigenvalue weighted by molar-refractivity contribution is -0.143. The van der Waals surface area contributed by atoms with Crippen LogP contribution < -0.4 is 10.6 Å². The zero-order valence-corrected chi connectivity index (χ0v) is 19.4. The van der Waals surface area contributed by atoms with Crippen molar-refractivity contribution in [3.63, 3.8) is 0 Å². The maximum Gasteiger partial charge on any atom is 0.401 e. The van der Waals surface area contributed by atoms with Gasteiger partial charge in [-0.1, -0.05) is 13.8 Å². The largest absolute Gasteiger partial charge is 0.401 e. The lowest BCUT2D eigenvalue weighted by Gasteiger charge is -2.36. The number of aliphatic imine (C=N–C) groups is 1. The summed E-state index contributed by atoms with van der Waals surface area (Å²) in [6, 6.07) is 0.320. The zero-order chi connectivity index (χ0) is 19.9. The standard InChI is InChI=1S/C18H34F3N5O.HI/c1-4-22-17(24-15-5-6-25(12-15)13-18(19,20)21)23-11-16(14(2)3)26-7-9-27-10-8-26;/h14-16H,4-13H2,1-3H3,(H2,22,23,24);1H. The minimum absolute atomic E-state index is 0. The van der Waals surface area contributed by atoms with Gasteiger partial charge in [0.1, 0.15) is 0 Å². The number of ether oxygens (including phenoxy) is 1. The van der Waals surface area contributed by atoms with Crippen LogP contribution in [0.3, 0.4) is 0 Å². The molecule has 2 unspecified atom stereocenters. The Morgan fingerprint density at radius 2 is 1.89 bits per heavy atom. The fourth-order valence-electron chi connectivity index (χ4n) is 3.70. The molecule has 2 heterocycles. The number of rotatable bonds is 7.